The first-order valence-corrected chi connectivity index (χ1v) is 11.4. The van der Waals surface area contributed by atoms with Crippen LogP contribution in [0.2, 0.25) is 15.1 Å². The average molecular weight is 503 g/mol. The van der Waals surface area contributed by atoms with Gasteiger partial charge in [0.15, 0.2) is 5.11 Å². The summed E-state index contributed by atoms with van der Waals surface area (Å²) in [5.74, 6) is -0.580. The van der Waals surface area contributed by atoms with Crippen LogP contribution in [-0.2, 0) is 0 Å². The van der Waals surface area contributed by atoms with E-state index in [1.54, 1.807) is 17.0 Å². The SMILES string of the molecule is O=C(c1sc2cc(Cl)ccc2c1Cl)N1CCN(C(=S)Nc2ccc(F)c(Cl)c2)CC1. The lowest BCUT2D eigenvalue weighted by Crippen LogP contribution is -2.51. The number of carbonyl (C=O) groups excluding carboxylic acids is 1. The first-order valence-electron chi connectivity index (χ1n) is 9.01. The van der Waals surface area contributed by atoms with Gasteiger partial charge in [-0.15, -0.1) is 11.3 Å². The quantitative estimate of drug-likeness (QED) is 0.426. The van der Waals surface area contributed by atoms with E-state index in [-0.39, 0.29) is 10.9 Å². The lowest BCUT2D eigenvalue weighted by atomic mass is 10.2. The molecule has 1 aliphatic rings. The molecule has 3 aromatic rings. The number of thiocarbonyl (C=S) groups is 1. The molecular weight excluding hydrogens is 488 g/mol. The van der Waals surface area contributed by atoms with Crippen molar-refractivity contribution in [3.05, 3.63) is 62.2 Å². The number of carbonyl (C=O) groups is 1. The number of fused-ring (bicyclic) bond motifs is 1. The van der Waals surface area contributed by atoms with Gasteiger partial charge in [-0.2, -0.15) is 0 Å². The molecule has 0 aliphatic carbocycles. The molecule has 1 fully saturated rings. The second-order valence-electron chi connectivity index (χ2n) is 6.72. The van der Waals surface area contributed by atoms with Crippen LogP contribution in [0.25, 0.3) is 10.1 Å². The van der Waals surface area contributed by atoms with Gasteiger partial charge in [0.25, 0.3) is 5.91 Å². The van der Waals surface area contributed by atoms with Crippen molar-refractivity contribution in [1.29, 1.82) is 0 Å². The molecule has 0 atom stereocenters. The molecule has 1 saturated heterocycles. The van der Waals surface area contributed by atoms with Crippen LogP contribution in [-0.4, -0.2) is 47.0 Å². The van der Waals surface area contributed by atoms with Crippen molar-refractivity contribution < 1.29 is 9.18 Å². The topological polar surface area (TPSA) is 35.6 Å². The van der Waals surface area contributed by atoms with E-state index in [0.29, 0.717) is 51.9 Å². The fraction of sp³-hybridized carbons (Fsp3) is 0.200. The van der Waals surface area contributed by atoms with Gasteiger partial charge in [0.1, 0.15) is 10.7 Å². The number of piperazine rings is 1. The number of nitrogens with one attached hydrogen (secondary N) is 1. The summed E-state index contributed by atoms with van der Waals surface area (Å²) in [4.78, 5) is 17.3. The lowest BCUT2D eigenvalue weighted by molar-refractivity contribution is 0.0698. The van der Waals surface area contributed by atoms with Crippen molar-refractivity contribution in [3.8, 4) is 0 Å². The van der Waals surface area contributed by atoms with Crippen molar-refractivity contribution in [2.24, 2.45) is 0 Å². The van der Waals surface area contributed by atoms with Gasteiger partial charge < -0.3 is 15.1 Å². The molecule has 10 heteroatoms. The molecule has 1 amide bonds. The Labute approximate surface area is 197 Å². The van der Waals surface area contributed by atoms with Crippen LogP contribution in [0.15, 0.2) is 36.4 Å². The second kappa shape index (κ2) is 8.85. The number of anilines is 1. The summed E-state index contributed by atoms with van der Waals surface area (Å²) in [7, 11) is 0. The van der Waals surface area contributed by atoms with Crippen LogP contribution >= 0.6 is 58.4 Å². The number of hydrogen-bond donors (Lipinski definition) is 1. The van der Waals surface area contributed by atoms with Crippen LogP contribution in [0, 0.1) is 5.82 Å². The average Bonchev–Trinajstić information content (AvgIpc) is 3.06. The summed E-state index contributed by atoms with van der Waals surface area (Å²) in [6, 6.07) is 9.75. The zero-order valence-electron chi connectivity index (χ0n) is 15.4. The predicted octanol–water partition coefficient (Wildman–Crippen LogP) is 6.16. The van der Waals surface area contributed by atoms with Gasteiger partial charge >= 0.3 is 0 Å². The van der Waals surface area contributed by atoms with E-state index in [4.69, 9.17) is 47.0 Å². The number of amides is 1. The van der Waals surface area contributed by atoms with Crippen molar-refractivity contribution >= 4 is 85.2 Å². The van der Waals surface area contributed by atoms with E-state index in [1.165, 1.54) is 23.5 Å². The van der Waals surface area contributed by atoms with Crippen LogP contribution in [0.3, 0.4) is 0 Å². The fourth-order valence-electron chi connectivity index (χ4n) is 3.21. The van der Waals surface area contributed by atoms with Gasteiger partial charge in [-0.05, 0) is 42.5 Å². The zero-order valence-corrected chi connectivity index (χ0v) is 19.3. The van der Waals surface area contributed by atoms with Crippen molar-refractivity contribution in [2.45, 2.75) is 0 Å². The smallest absolute Gasteiger partial charge is 0.265 e. The Balaban J connectivity index is 1.40. The van der Waals surface area contributed by atoms with Crippen LogP contribution in [0.4, 0.5) is 10.1 Å². The predicted molar refractivity (Wildman–Crippen MR) is 127 cm³/mol. The Kier molecular flexibility index (Phi) is 6.36. The van der Waals surface area contributed by atoms with Crippen molar-refractivity contribution in [2.75, 3.05) is 31.5 Å². The number of thiophene rings is 1. The minimum Gasteiger partial charge on any atom is -0.345 e. The summed E-state index contributed by atoms with van der Waals surface area (Å²) in [5, 5.41) is 5.49. The molecule has 0 unspecified atom stereocenters. The number of hydrogen-bond acceptors (Lipinski definition) is 3. The molecule has 2 heterocycles. The minimum absolute atomic E-state index is 0.0275. The molecule has 4 rings (SSSR count). The standard InChI is InChI=1S/C20H15Cl3FN3OS2/c21-11-1-3-13-16(9-11)30-18(17(13)23)19(28)26-5-7-27(8-6-26)20(29)25-12-2-4-15(24)14(22)10-12/h1-4,9-10H,5-8H2,(H,25,29). The van der Waals surface area contributed by atoms with E-state index >= 15 is 0 Å². The van der Waals surface area contributed by atoms with E-state index < -0.39 is 5.82 Å². The molecule has 156 valence electrons. The first kappa shape index (κ1) is 21.6. The molecule has 30 heavy (non-hydrogen) atoms. The third-order valence-corrected chi connectivity index (χ3v) is 7.34. The highest BCUT2D eigenvalue weighted by Crippen LogP contribution is 2.37. The van der Waals surface area contributed by atoms with E-state index in [9.17, 15) is 9.18 Å². The second-order valence-corrected chi connectivity index (χ2v) is 9.38. The fourth-order valence-corrected chi connectivity index (χ4v) is 5.45. The maximum atomic E-state index is 13.3. The summed E-state index contributed by atoms with van der Waals surface area (Å²) in [6.07, 6.45) is 0. The molecule has 0 radical (unpaired) electrons. The van der Waals surface area contributed by atoms with E-state index in [0.717, 1.165) is 10.1 Å². The third kappa shape index (κ3) is 4.36. The van der Waals surface area contributed by atoms with Gasteiger partial charge in [0.2, 0.25) is 0 Å². The van der Waals surface area contributed by atoms with Crippen LogP contribution < -0.4 is 5.32 Å². The maximum Gasteiger partial charge on any atom is 0.265 e. The summed E-state index contributed by atoms with van der Waals surface area (Å²) in [6.45, 7) is 2.16. The Morgan fingerprint density at radius 1 is 1.03 bits per heavy atom. The monoisotopic (exact) mass is 501 g/mol. The molecule has 1 aromatic heterocycles. The molecule has 2 aromatic carbocycles. The molecule has 0 spiro atoms. The summed E-state index contributed by atoms with van der Waals surface area (Å²) in [5.41, 5.74) is 0.612. The van der Waals surface area contributed by atoms with Gasteiger partial charge in [-0.3, -0.25) is 4.79 Å². The summed E-state index contributed by atoms with van der Waals surface area (Å²) < 4.78 is 14.2. The van der Waals surface area contributed by atoms with Crippen LogP contribution in [0.5, 0.6) is 0 Å². The van der Waals surface area contributed by atoms with Gasteiger partial charge in [-0.1, -0.05) is 40.9 Å². The molecule has 0 saturated carbocycles. The van der Waals surface area contributed by atoms with E-state index in [2.05, 4.69) is 5.32 Å². The van der Waals surface area contributed by atoms with Crippen molar-refractivity contribution in [1.82, 2.24) is 9.80 Å². The molecule has 1 aliphatic heterocycles. The Morgan fingerprint density at radius 2 is 1.73 bits per heavy atom. The van der Waals surface area contributed by atoms with Gasteiger partial charge in [-0.25, -0.2) is 4.39 Å². The minimum atomic E-state index is -0.484. The first-order chi connectivity index (χ1) is 14.3. The number of halogens is 4. The Hall–Kier alpha value is -1.64. The number of rotatable bonds is 2. The Morgan fingerprint density at radius 3 is 2.43 bits per heavy atom. The van der Waals surface area contributed by atoms with Gasteiger partial charge in [0.05, 0.1) is 10.0 Å². The number of benzene rings is 2. The summed E-state index contributed by atoms with van der Waals surface area (Å²) >= 11 is 25.1. The third-order valence-electron chi connectivity index (χ3n) is 4.81. The highest BCUT2D eigenvalue weighted by atomic mass is 35.5. The normalized spacial score (nSPS) is 14.3. The largest absolute Gasteiger partial charge is 0.345 e. The molecule has 0 bridgehead atoms. The zero-order chi connectivity index (χ0) is 21.4. The number of nitrogens with zero attached hydrogens (tertiary/aromatic N) is 2. The molecule has 1 N–H and O–H groups in total. The van der Waals surface area contributed by atoms with Crippen LogP contribution in [0.1, 0.15) is 9.67 Å². The highest BCUT2D eigenvalue weighted by Gasteiger charge is 2.27. The molecular formula is C20H15Cl3FN3OS2. The maximum absolute atomic E-state index is 13.3. The Bertz CT molecular complexity index is 1150. The van der Waals surface area contributed by atoms with Crippen molar-refractivity contribution in [3.63, 3.8) is 0 Å². The lowest BCUT2D eigenvalue weighted by Gasteiger charge is -2.36. The molecule has 4 nitrogen and oxygen atoms in total. The highest BCUT2D eigenvalue weighted by molar-refractivity contribution is 7.80. The van der Waals surface area contributed by atoms with E-state index in [1.807, 2.05) is 17.0 Å². The van der Waals surface area contributed by atoms with Gasteiger partial charge in [0, 0.05) is 47.0 Å².